The molecular weight excluding hydrogens is 260 g/mol. The van der Waals surface area contributed by atoms with Crippen LogP contribution >= 0.6 is 0 Å². The van der Waals surface area contributed by atoms with Crippen molar-refractivity contribution in [2.75, 3.05) is 26.2 Å². The van der Waals surface area contributed by atoms with Crippen LogP contribution in [0.1, 0.15) is 57.7 Å². The molecule has 1 aliphatic heterocycles. The molecule has 1 fully saturated rings. The molecule has 0 aliphatic carbocycles. The molecule has 1 aromatic heterocycles. The maximum absolute atomic E-state index is 4.63. The van der Waals surface area contributed by atoms with Gasteiger partial charge in [0.05, 0.1) is 5.69 Å². The normalized spacial score (nSPS) is 17.9. The third kappa shape index (κ3) is 5.11. The standard InChI is InChI=1S/C17H32N4/c1-17(2,3)16-15(14-20(4)19-16)13-18-9-12-21-10-7-5-6-8-11-21/h14,18H,5-13H2,1-4H3. The zero-order chi connectivity index (χ0) is 15.3. The van der Waals surface area contributed by atoms with Gasteiger partial charge in [-0.15, -0.1) is 0 Å². The largest absolute Gasteiger partial charge is 0.311 e. The van der Waals surface area contributed by atoms with E-state index >= 15 is 0 Å². The van der Waals surface area contributed by atoms with E-state index in [1.807, 2.05) is 11.7 Å². The van der Waals surface area contributed by atoms with Crippen LogP contribution in [0.4, 0.5) is 0 Å². The average Bonchev–Trinajstić information content (AvgIpc) is 2.62. The number of aryl methyl sites for hydroxylation is 1. The third-order valence-electron chi connectivity index (χ3n) is 4.23. The first kappa shape index (κ1) is 16.5. The van der Waals surface area contributed by atoms with Gasteiger partial charge in [0, 0.05) is 43.9 Å². The summed E-state index contributed by atoms with van der Waals surface area (Å²) in [5.74, 6) is 0. The van der Waals surface area contributed by atoms with Crippen molar-refractivity contribution in [1.82, 2.24) is 20.0 Å². The molecule has 0 bridgehead atoms. The molecule has 0 aromatic carbocycles. The Labute approximate surface area is 129 Å². The quantitative estimate of drug-likeness (QED) is 0.847. The van der Waals surface area contributed by atoms with Crippen LogP contribution in [0.25, 0.3) is 0 Å². The molecule has 1 aromatic rings. The van der Waals surface area contributed by atoms with E-state index in [9.17, 15) is 0 Å². The van der Waals surface area contributed by atoms with Gasteiger partial charge in [-0.05, 0) is 25.9 Å². The molecule has 4 nitrogen and oxygen atoms in total. The van der Waals surface area contributed by atoms with Crippen LogP contribution in [-0.2, 0) is 19.0 Å². The highest BCUT2D eigenvalue weighted by Gasteiger charge is 2.21. The topological polar surface area (TPSA) is 33.1 Å². The van der Waals surface area contributed by atoms with Crippen molar-refractivity contribution < 1.29 is 0 Å². The minimum Gasteiger partial charge on any atom is -0.311 e. The molecule has 21 heavy (non-hydrogen) atoms. The van der Waals surface area contributed by atoms with Crippen molar-refractivity contribution in [2.24, 2.45) is 7.05 Å². The van der Waals surface area contributed by atoms with Gasteiger partial charge in [0.1, 0.15) is 0 Å². The molecule has 2 heterocycles. The minimum atomic E-state index is 0.114. The second-order valence-electron chi connectivity index (χ2n) is 7.36. The molecule has 1 N–H and O–H groups in total. The molecule has 120 valence electrons. The Bertz CT molecular complexity index is 422. The van der Waals surface area contributed by atoms with Crippen molar-refractivity contribution in [2.45, 2.75) is 58.4 Å². The first-order valence-electron chi connectivity index (χ1n) is 8.43. The van der Waals surface area contributed by atoms with E-state index in [1.54, 1.807) is 0 Å². The molecule has 0 saturated carbocycles. The summed E-state index contributed by atoms with van der Waals surface area (Å²) in [6, 6.07) is 0. The van der Waals surface area contributed by atoms with Gasteiger partial charge in [0.2, 0.25) is 0 Å². The summed E-state index contributed by atoms with van der Waals surface area (Å²) >= 11 is 0. The summed E-state index contributed by atoms with van der Waals surface area (Å²) in [4.78, 5) is 2.61. The van der Waals surface area contributed by atoms with Crippen molar-refractivity contribution >= 4 is 0 Å². The monoisotopic (exact) mass is 292 g/mol. The Morgan fingerprint density at radius 2 is 1.81 bits per heavy atom. The zero-order valence-corrected chi connectivity index (χ0v) is 14.3. The Morgan fingerprint density at radius 1 is 1.14 bits per heavy atom. The van der Waals surface area contributed by atoms with Crippen LogP contribution < -0.4 is 5.32 Å². The maximum Gasteiger partial charge on any atom is 0.0722 e. The van der Waals surface area contributed by atoms with E-state index in [2.05, 4.69) is 42.3 Å². The molecule has 0 radical (unpaired) electrons. The van der Waals surface area contributed by atoms with E-state index < -0.39 is 0 Å². The van der Waals surface area contributed by atoms with E-state index in [1.165, 1.54) is 56.6 Å². The summed E-state index contributed by atoms with van der Waals surface area (Å²) in [7, 11) is 2.01. The Balaban J connectivity index is 1.78. The van der Waals surface area contributed by atoms with Crippen molar-refractivity contribution in [3.63, 3.8) is 0 Å². The number of nitrogens with zero attached hydrogens (tertiary/aromatic N) is 3. The van der Waals surface area contributed by atoms with Crippen molar-refractivity contribution in [3.05, 3.63) is 17.5 Å². The fourth-order valence-corrected chi connectivity index (χ4v) is 3.12. The number of rotatable bonds is 5. The van der Waals surface area contributed by atoms with Crippen LogP contribution in [0.2, 0.25) is 0 Å². The highest BCUT2D eigenvalue weighted by molar-refractivity contribution is 5.23. The van der Waals surface area contributed by atoms with Gasteiger partial charge in [-0.3, -0.25) is 4.68 Å². The van der Waals surface area contributed by atoms with Gasteiger partial charge >= 0.3 is 0 Å². The lowest BCUT2D eigenvalue weighted by Crippen LogP contribution is -2.33. The first-order valence-corrected chi connectivity index (χ1v) is 8.43. The lowest BCUT2D eigenvalue weighted by atomic mass is 9.89. The lowest BCUT2D eigenvalue weighted by molar-refractivity contribution is 0.284. The summed E-state index contributed by atoms with van der Waals surface area (Å²) in [5, 5.41) is 8.23. The number of aromatic nitrogens is 2. The molecule has 4 heteroatoms. The van der Waals surface area contributed by atoms with Crippen molar-refractivity contribution in [1.29, 1.82) is 0 Å². The van der Waals surface area contributed by atoms with E-state index in [0.717, 1.165) is 13.1 Å². The maximum atomic E-state index is 4.63. The number of hydrogen-bond donors (Lipinski definition) is 1. The van der Waals surface area contributed by atoms with E-state index in [4.69, 9.17) is 0 Å². The average molecular weight is 292 g/mol. The Morgan fingerprint density at radius 3 is 2.43 bits per heavy atom. The van der Waals surface area contributed by atoms with Crippen LogP contribution in [0.5, 0.6) is 0 Å². The van der Waals surface area contributed by atoms with Gasteiger partial charge < -0.3 is 10.2 Å². The predicted molar refractivity (Wildman–Crippen MR) is 88.5 cm³/mol. The van der Waals surface area contributed by atoms with Crippen LogP contribution in [-0.4, -0.2) is 40.9 Å². The molecule has 2 rings (SSSR count). The molecule has 1 aliphatic rings. The first-order chi connectivity index (χ1) is 9.97. The highest BCUT2D eigenvalue weighted by atomic mass is 15.3. The van der Waals surface area contributed by atoms with Crippen LogP contribution in [0, 0.1) is 0 Å². The third-order valence-corrected chi connectivity index (χ3v) is 4.23. The Hall–Kier alpha value is -0.870. The van der Waals surface area contributed by atoms with Gasteiger partial charge in [-0.2, -0.15) is 5.10 Å². The number of hydrogen-bond acceptors (Lipinski definition) is 3. The van der Waals surface area contributed by atoms with Crippen molar-refractivity contribution in [3.8, 4) is 0 Å². The lowest BCUT2D eigenvalue weighted by Gasteiger charge is -2.20. The SMILES string of the molecule is Cn1cc(CNCCN2CCCCCC2)c(C(C)(C)C)n1. The number of nitrogens with one attached hydrogen (secondary N) is 1. The summed E-state index contributed by atoms with van der Waals surface area (Å²) in [6.07, 6.45) is 7.72. The summed E-state index contributed by atoms with van der Waals surface area (Å²) < 4.78 is 1.94. The van der Waals surface area contributed by atoms with Gasteiger partial charge in [0.25, 0.3) is 0 Å². The van der Waals surface area contributed by atoms with Gasteiger partial charge in [-0.25, -0.2) is 0 Å². The molecule has 0 atom stereocenters. The Kier molecular flexibility index (Phi) is 5.82. The van der Waals surface area contributed by atoms with Crippen LogP contribution in [0.3, 0.4) is 0 Å². The van der Waals surface area contributed by atoms with Gasteiger partial charge in [-0.1, -0.05) is 33.6 Å². The van der Waals surface area contributed by atoms with Crippen LogP contribution in [0.15, 0.2) is 6.20 Å². The number of likely N-dealkylation sites (tertiary alicyclic amines) is 1. The summed E-state index contributed by atoms with van der Waals surface area (Å²) in [5.41, 5.74) is 2.66. The predicted octanol–water partition coefficient (Wildman–Crippen LogP) is 2.68. The second kappa shape index (κ2) is 7.41. The minimum absolute atomic E-state index is 0.114. The van der Waals surface area contributed by atoms with E-state index in [0.29, 0.717) is 0 Å². The van der Waals surface area contributed by atoms with Gasteiger partial charge in [0.15, 0.2) is 0 Å². The molecule has 0 amide bonds. The molecular formula is C17H32N4. The fourth-order valence-electron chi connectivity index (χ4n) is 3.12. The molecule has 0 spiro atoms. The fraction of sp³-hybridized carbons (Fsp3) is 0.824. The van der Waals surface area contributed by atoms with E-state index in [-0.39, 0.29) is 5.41 Å². The highest BCUT2D eigenvalue weighted by Crippen LogP contribution is 2.23. The summed E-state index contributed by atoms with van der Waals surface area (Å²) in [6.45, 7) is 12.4. The zero-order valence-electron chi connectivity index (χ0n) is 14.3. The smallest absolute Gasteiger partial charge is 0.0722 e. The second-order valence-corrected chi connectivity index (χ2v) is 7.36. The molecule has 1 saturated heterocycles. The molecule has 0 unspecified atom stereocenters.